The van der Waals surface area contributed by atoms with Crippen LogP contribution in [0.3, 0.4) is 0 Å². The van der Waals surface area contributed by atoms with Gasteiger partial charge in [-0.1, -0.05) is 0 Å². The first-order valence-corrected chi connectivity index (χ1v) is 4.54. The Bertz CT molecular complexity index is 511. The number of rotatable bonds is 3. The molecule has 80 valence electrons. The van der Waals surface area contributed by atoms with Gasteiger partial charge in [-0.3, -0.25) is 5.10 Å². The standard InChI is InChI=1S/C9H9N7/c1-11-8-6(2-10)3-12-9(16-8)15-7-4-13-14-5-7/h3-5H,1H3,(H,13,14)(H2,11,12,15,16). The minimum atomic E-state index is 0.403. The van der Waals surface area contributed by atoms with E-state index in [0.717, 1.165) is 5.69 Å². The molecule has 0 aliphatic rings. The molecule has 16 heavy (non-hydrogen) atoms. The molecule has 0 amide bonds. The lowest BCUT2D eigenvalue weighted by atomic mass is 10.3. The van der Waals surface area contributed by atoms with Gasteiger partial charge >= 0.3 is 0 Å². The molecule has 0 radical (unpaired) electrons. The Balaban J connectivity index is 2.27. The van der Waals surface area contributed by atoms with Gasteiger partial charge in [-0.05, 0) is 0 Å². The number of nitrogens with one attached hydrogen (secondary N) is 3. The molecule has 0 aliphatic heterocycles. The fourth-order valence-corrected chi connectivity index (χ4v) is 1.16. The summed E-state index contributed by atoms with van der Waals surface area (Å²) in [6.45, 7) is 0. The van der Waals surface area contributed by atoms with Gasteiger partial charge in [0.2, 0.25) is 5.95 Å². The van der Waals surface area contributed by atoms with Gasteiger partial charge in [0.1, 0.15) is 17.5 Å². The van der Waals surface area contributed by atoms with Crippen molar-refractivity contribution in [3.8, 4) is 6.07 Å². The van der Waals surface area contributed by atoms with E-state index in [1.54, 1.807) is 19.4 Å². The first kappa shape index (κ1) is 9.92. The van der Waals surface area contributed by atoms with Gasteiger partial charge in [-0.2, -0.15) is 15.3 Å². The number of aromatic nitrogens is 4. The van der Waals surface area contributed by atoms with E-state index in [9.17, 15) is 0 Å². The van der Waals surface area contributed by atoms with E-state index in [4.69, 9.17) is 5.26 Å². The fraction of sp³-hybridized carbons (Fsp3) is 0.111. The largest absolute Gasteiger partial charge is 0.372 e. The summed E-state index contributed by atoms with van der Waals surface area (Å²) in [5.74, 6) is 0.897. The molecule has 2 aromatic heterocycles. The normalized spacial score (nSPS) is 9.50. The number of anilines is 3. The van der Waals surface area contributed by atoms with Crippen LogP contribution in [0.15, 0.2) is 18.6 Å². The number of aromatic amines is 1. The third-order valence-electron chi connectivity index (χ3n) is 1.90. The molecule has 2 rings (SSSR count). The lowest BCUT2D eigenvalue weighted by molar-refractivity contribution is 1.09. The Kier molecular flexibility index (Phi) is 2.65. The molecular formula is C9H9N7. The molecule has 7 nitrogen and oxygen atoms in total. The maximum atomic E-state index is 8.79. The summed E-state index contributed by atoms with van der Waals surface area (Å²) in [5.41, 5.74) is 1.16. The third-order valence-corrected chi connectivity index (χ3v) is 1.90. The second-order valence-corrected chi connectivity index (χ2v) is 2.93. The van der Waals surface area contributed by atoms with Crippen molar-refractivity contribution in [3.05, 3.63) is 24.2 Å². The Morgan fingerprint density at radius 3 is 2.94 bits per heavy atom. The van der Waals surface area contributed by atoms with E-state index in [1.807, 2.05) is 6.07 Å². The van der Waals surface area contributed by atoms with Crippen molar-refractivity contribution in [1.29, 1.82) is 5.26 Å². The Morgan fingerprint density at radius 1 is 1.44 bits per heavy atom. The van der Waals surface area contributed by atoms with Crippen LogP contribution in [0.1, 0.15) is 5.56 Å². The Labute approximate surface area is 91.5 Å². The van der Waals surface area contributed by atoms with Crippen LogP contribution in [-0.4, -0.2) is 27.2 Å². The highest BCUT2D eigenvalue weighted by Crippen LogP contribution is 2.15. The van der Waals surface area contributed by atoms with Crippen LogP contribution >= 0.6 is 0 Å². The molecule has 0 saturated carbocycles. The summed E-state index contributed by atoms with van der Waals surface area (Å²) >= 11 is 0. The predicted octanol–water partition coefficient (Wildman–Crippen LogP) is 0.857. The van der Waals surface area contributed by atoms with Crippen molar-refractivity contribution in [2.24, 2.45) is 0 Å². The monoisotopic (exact) mass is 215 g/mol. The minimum absolute atomic E-state index is 0.403. The van der Waals surface area contributed by atoms with Crippen LogP contribution in [0.2, 0.25) is 0 Å². The molecule has 3 N–H and O–H groups in total. The highest BCUT2D eigenvalue weighted by Gasteiger charge is 2.05. The van der Waals surface area contributed by atoms with Crippen LogP contribution < -0.4 is 10.6 Å². The number of nitrogens with zero attached hydrogens (tertiary/aromatic N) is 4. The number of H-pyrrole nitrogens is 1. The molecule has 2 heterocycles. The topological polar surface area (TPSA) is 102 Å². The van der Waals surface area contributed by atoms with Crippen molar-refractivity contribution < 1.29 is 0 Å². The van der Waals surface area contributed by atoms with E-state index < -0.39 is 0 Å². The first-order chi connectivity index (χ1) is 7.83. The zero-order valence-electron chi connectivity index (χ0n) is 8.52. The van der Waals surface area contributed by atoms with Gasteiger partial charge in [0.05, 0.1) is 18.1 Å². The number of nitriles is 1. The average molecular weight is 215 g/mol. The zero-order valence-corrected chi connectivity index (χ0v) is 8.52. The zero-order chi connectivity index (χ0) is 11.4. The lowest BCUT2D eigenvalue weighted by Gasteiger charge is -2.05. The van der Waals surface area contributed by atoms with E-state index in [0.29, 0.717) is 17.3 Å². The summed E-state index contributed by atoms with van der Waals surface area (Å²) in [6, 6.07) is 2.00. The predicted molar refractivity (Wildman–Crippen MR) is 58.2 cm³/mol. The van der Waals surface area contributed by atoms with Crippen molar-refractivity contribution in [1.82, 2.24) is 20.2 Å². The maximum Gasteiger partial charge on any atom is 0.229 e. The smallest absolute Gasteiger partial charge is 0.229 e. The Hall–Kier alpha value is -2.62. The van der Waals surface area contributed by atoms with E-state index >= 15 is 0 Å². The van der Waals surface area contributed by atoms with E-state index in [-0.39, 0.29) is 0 Å². The maximum absolute atomic E-state index is 8.79. The minimum Gasteiger partial charge on any atom is -0.372 e. The van der Waals surface area contributed by atoms with Gasteiger partial charge in [-0.15, -0.1) is 0 Å². The Morgan fingerprint density at radius 2 is 2.31 bits per heavy atom. The second kappa shape index (κ2) is 4.27. The summed E-state index contributed by atoms with van der Waals surface area (Å²) in [6.07, 6.45) is 4.75. The first-order valence-electron chi connectivity index (χ1n) is 4.54. The molecular weight excluding hydrogens is 206 g/mol. The molecule has 0 atom stereocenters. The molecule has 0 saturated heterocycles. The van der Waals surface area contributed by atoms with Gasteiger partial charge in [-0.25, -0.2) is 4.98 Å². The van der Waals surface area contributed by atoms with Gasteiger partial charge in [0.25, 0.3) is 0 Å². The number of hydrogen-bond donors (Lipinski definition) is 3. The van der Waals surface area contributed by atoms with Crippen LogP contribution in [-0.2, 0) is 0 Å². The van der Waals surface area contributed by atoms with Crippen LogP contribution in [0.25, 0.3) is 0 Å². The van der Waals surface area contributed by atoms with Crippen LogP contribution in [0.5, 0.6) is 0 Å². The van der Waals surface area contributed by atoms with Crippen molar-refractivity contribution in [3.63, 3.8) is 0 Å². The molecule has 7 heteroatoms. The average Bonchev–Trinajstić information content (AvgIpc) is 2.81. The van der Waals surface area contributed by atoms with Crippen LogP contribution in [0, 0.1) is 11.3 Å². The van der Waals surface area contributed by atoms with Gasteiger partial charge in [0.15, 0.2) is 0 Å². The third kappa shape index (κ3) is 1.90. The quantitative estimate of drug-likeness (QED) is 0.701. The molecule has 0 bridgehead atoms. The van der Waals surface area contributed by atoms with Gasteiger partial charge < -0.3 is 10.6 Å². The highest BCUT2D eigenvalue weighted by molar-refractivity contribution is 5.57. The summed E-state index contributed by atoms with van der Waals surface area (Å²) in [7, 11) is 1.70. The second-order valence-electron chi connectivity index (χ2n) is 2.93. The molecule has 2 aromatic rings. The van der Waals surface area contributed by atoms with Crippen molar-refractivity contribution >= 4 is 17.5 Å². The van der Waals surface area contributed by atoms with Crippen molar-refractivity contribution in [2.75, 3.05) is 17.7 Å². The highest BCUT2D eigenvalue weighted by atomic mass is 15.2. The lowest BCUT2D eigenvalue weighted by Crippen LogP contribution is -2.02. The molecule has 0 fully saturated rings. The fourth-order valence-electron chi connectivity index (χ4n) is 1.16. The van der Waals surface area contributed by atoms with Crippen molar-refractivity contribution in [2.45, 2.75) is 0 Å². The summed E-state index contributed by atoms with van der Waals surface area (Å²) in [4.78, 5) is 8.15. The van der Waals surface area contributed by atoms with E-state index in [2.05, 4.69) is 30.8 Å². The summed E-state index contributed by atoms with van der Waals surface area (Å²) in [5, 5.41) is 21.0. The number of hydrogen-bond acceptors (Lipinski definition) is 6. The van der Waals surface area contributed by atoms with Gasteiger partial charge in [0, 0.05) is 13.2 Å². The van der Waals surface area contributed by atoms with E-state index in [1.165, 1.54) is 6.20 Å². The molecule has 0 aromatic carbocycles. The molecule has 0 aliphatic carbocycles. The molecule has 0 unspecified atom stereocenters. The summed E-state index contributed by atoms with van der Waals surface area (Å²) < 4.78 is 0. The van der Waals surface area contributed by atoms with Crippen LogP contribution in [0.4, 0.5) is 17.5 Å². The SMILES string of the molecule is CNc1nc(Nc2cn[nH]c2)ncc1C#N. The molecule has 0 spiro atoms.